The highest BCUT2D eigenvalue weighted by atomic mass is 35.5. The molecule has 0 amide bonds. The van der Waals surface area contributed by atoms with Crippen LogP contribution in [0.2, 0.25) is 5.02 Å². The first-order valence-corrected chi connectivity index (χ1v) is 8.50. The Bertz CT molecular complexity index is 1560. The summed E-state index contributed by atoms with van der Waals surface area (Å²) in [5.41, 5.74) is -1.82. The van der Waals surface area contributed by atoms with Crippen LogP contribution in [0.25, 0.3) is 11.1 Å². The topological polar surface area (TPSA) is 81.6 Å². The lowest BCUT2D eigenvalue weighted by atomic mass is 10.0. The summed E-state index contributed by atoms with van der Waals surface area (Å²) in [7, 11) is 0. The predicted octanol–water partition coefficient (Wildman–Crippen LogP) is 4.44. The first-order valence-electron chi connectivity index (χ1n) is 14.6. The number of carbonyl (C=O) groups is 1. The van der Waals surface area contributed by atoms with E-state index < -0.39 is 96.1 Å². The van der Waals surface area contributed by atoms with Gasteiger partial charge >= 0.3 is 5.97 Å². The van der Waals surface area contributed by atoms with Crippen molar-refractivity contribution >= 4 is 23.3 Å². The first-order chi connectivity index (χ1) is 19.2. The second-order valence-corrected chi connectivity index (χ2v) is 5.83. The van der Waals surface area contributed by atoms with E-state index in [0.717, 1.165) is 0 Å². The predicted molar refractivity (Wildman–Crippen MR) is 117 cm³/mol. The molecule has 0 unspecified atom stereocenters. The minimum absolute atomic E-state index is 0.0993. The Balaban J connectivity index is 1.91. The Kier molecular flexibility index (Phi) is 3.39. The molecule has 5 nitrogen and oxygen atoms in total. The van der Waals surface area contributed by atoms with Crippen molar-refractivity contribution in [3.63, 3.8) is 0 Å². The molecule has 0 bridgehead atoms. The molecule has 0 aliphatic rings. The van der Waals surface area contributed by atoms with E-state index in [-0.39, 0.29) is 16.8 Å². The monoisotopic (exact) mass is 423 g/mol. The van der Waals surface area contributed by atoms with Crippen LogP contribution in [-0.4, -0.2) is 35.7 Å². The molecular formula is C23H23ClN2O3. The fourth-order valence-corrected chi connectivity index (χ4v) is 2.32. The Morgan fingerprint density at radius 3 is 2.86 bits per heavy atom. The molecule has 150 valence electrons. The number of rotatable bonds is 9. The van der Waals surface area contributed by atoms with Crippen molar-refractivity contribution in [3.8, 4) is 11.1 Å². The van der Waals surface area contributed by atoms with Crippen LogP contribution in [0.3, 0.4) is 0 Å². The largest absolute Gasteiger partial charge is 0.478 e. The normalized spacial score (nSPS) is 20.3. The van der Waals surface area contributed by atoms with Crippen molar-refractivity contribution in [1.82, 2.24) is 5.32 Å². The van der Waals surface area contributed by atoms with Crippen LogP contribution in [0.15, 0.2) is 72.6 Å². The van der Waals surface area contributed by atoms with Gasteiger partial charge in [-0.25, -0.2) is 4.79 Å². The number of benzene rings is 3. The molecule has 0 aliphatic carbocycles. The lowest BCUT2D eigenvalue weighted by Gasteiger charge is -2.13. The van der Waals surface area contributed by atoms with E-state index in [4.69, 9.17) is 29.4 Å². The van der Waals surface area contributed by atoms with Crippen molar-refractivity contribution in [2.45, 2.75) is 6.08 Å². The van der Waals surface area contributed by atoms with Crippen LogP contribution in [0, 0.1) is 0 Å². The summed E-state index contributed by atoms with van der Waals surface area (Å²) < 4.78 is 105. The van der Waals surface area contributed by atoms with Gasteiger partial charge in [-0.1, -0.05) is 47.9 Å². The van der Waals surface area contributed by atoms with Crippen LogP contribution < -0.4 is 10.6 Å². The average molecular weight is 424 g/mol. The molecule has 6 heteroatoms. The molecule has 0 saturated carbocycles. The molecule has 0 spiro atoms. The number of carboxylic acid groups (broad SMARTS) is 1. The highest BCUT2D eigenvalue weighted by Gasteiger charge is 2.07. The van der Waals surface area contributed by atoms with Gasteiger partial charge in [0.25, 0.3) is 0 Å². The van der Waals surface area contributed by atoms with Crippen molar-refractivity contribution in [1.29, 1.82) is 0 Å². The molecule has 29 heavy (non-hydrogen) atoms. The van der Waals surface area contributed by atoms with Gasteiger partial charge in [0.2, 0.25) is 0 Å². The van der Waals surface area contributed by atoms with Crippen molar-refractivity contribution in [2.24, 2.45) is 0 Å². The van der Waals surface area contributed by atoms with Gasteiger partial charge < -0.3 is 20.8 Å². The number of anilines is 1. The number of hydrogen-bond acceptors (Lipinski definition) is 4. The molecule has 3 aromatic carbocycles. The number of aromatic carboxylic acids is 1. The summed E-state index contributed by atoms with van der Waals surface area (Å²) in [6, 6.07) is -0.697. The van der Waals surface area contributed by atoms with Crippen molar-refractivity contribution in [2.75, 3.05) is 24.9 Å². The maximum absolute atomic E-state index is 11.6. The molecule has 0 aliphatic heterocycles. The minimum Gasteiger partial charge on any atom is -0.478 e. The van der Waals surface area contributed by atoms with E-state index in [1.165, 1.54) is 24.3 Å². The summed E-state index contributed by atoms with van der Waals surface area (Å²) in [5, 5.41) is 23.9. The fourth-order valence-electron chi connectivity index (χ4n) is 2.18. The number of aliphatic hydroxyl groups is 1. The quantitative estimate of drug-likeness (QED) is 0.409. The van der Waals surface area contributed by atoms with Crippen LogP contribution in [-0.2, 0) is 0 Å². The zero-order valence-electron chi connectivity index (χ0n) is 27.7. The van der Waals surface area contributed by atoms with E-state index in [2.05, 4.69) is 5.32 Å². The summed E-state index contributed by atoms with van der Waals surface area (Å²) in [6.07, 6.45) is -3.52. The first kappa shape index (κ1) is 9.76. The third-order valence-corrected chi connectivity index (χ3v) is 3.66. The molecule has 0 radical (unpaired) electrons. The lowest BCUT2D eigenvalue weighted by molar-refractivity contribution is 0.0697. The maximum Gasteiger partial charge on any atom is 0.335 e. The molecule has 0 fully saturated rings. The third-order valence-electron chi connectivity index (χ3n) is 3.47. The van der Waals surface area contributed by atoms with E-state index in [1.807, 2.05) is 5.32 Å². The molecule has 0 saturated heterocycles. The van der Waals surface area contributed by atoms with Gasteiger partial charge in [-0.2, -0.15) is 0 Å². The summed E-state index contributed by atoms with van der Waals surface area (Å²) >= 11 is 5.81. The highest BCUT2D eigenvalue weighted by molar-refractivity contribution is 6.30. The van der Waals surface area contributed by atoms with E-state index in [9.17, 15) is 15.0 Å². The third kappa shape index (κ3) is 6.06. The molecule has 0 aromatic heterocycles. The maximum atomic E-state index is 11.6. The Labute approximate surface area is 193 Å². The van der Waals surface area contributed by atoms with Crippen LogP contribution in [0.1, 0.15) is 39.8 Å². The van der Waals surface area contributed by atoms with Crippen LogP contribution in [0.4, 0.5) is 5.69 Å². The number of nitrogens with one attached hydrogen (secondary N) is 2. The van der Waals surface area contributed by atoms with Gasteiger partial charge in [-0.3, -0.25) is 0 Å². The van der Waals surface area contributed by atoms with Gasteiger partial charge in [0.1, 0.15) is 0 Å². The Morgan fingerprint density at radius 2 is 2.03 bits per heavy atom. The SMILES string of the molecule is [2H]c1c([2H])c(C(=O)O)c([2H])c(-c2cccc(NCC([2H])([2H])NC([2H])([2H])[C@]([2H])(O)c3c([2H])c([2H])c([2H])c(Cl)c3[2H])c2)c1[2H]. The molecular weight excluding hydrogens is 388 g/mol. The van der Waals surface area contributed by atoms with Crippen LogP contribution >= 0.6 is 11.6 Å². The molecule has 4 N–H and O–H groups in total. The Hall–Kier alpha value is -2.86. The average Bonchev–Trinajstić information content (AvgIpc) is 2.88. The highest BCUT2D eigenvalue weighted by Crippen LogP contribution is 2.23. The second kappa shape index (κ2) is 10.1. The van der Waals surface area contributed by atoms with Crippen molar-refractivity contribution < 1.29 is 32.8 Å². The van der Waals surface area contributed by atoms with Gasteiger partial charge in [-0.15, -0.1) is 0 Å². The van der Waals surface area contributed by atoms with Gasteiger partial charge in [-0.05, 0) is 53.0 Å². The number of halogens is 1. The second-order valence-electron chi connectivity index (χ2n) is 5.45. The molecule has 1 atom stereocenters. The van der Waals surface area contributed by atoms with E-state index >= 15 is 0 Å². The standard InChI is InChI=1S/C23H23ClN2O3/c24-20-8-2-6-18(13-20)22(27)15-25-10-11-26-21-9-3-5-17(14-21)16-4-1-7-19(12-16)23(28)29/h1-9,12-14,22,25-27H,10-11,15H2,(H,28,29)/t22-/m0/s1/i1D,2D,4D,6D,7D,8D,10D2,12D,13D,15D2,22D. The van der Waals surface area contributed by atoms with Gasteiger partial charge in [0.05, 0.1) is 24.0 Å². The summed E-state index contributed by atoms with van der Waals surface area (Å²) in [6.45, 7) is -6.84. The molecule has 0 heterocycles. The summed E-state index contributed by atoms with van der Waals surface area (Å²) in [4.78, 5) is 11.6. The number of carboxylic acids is 1. The smallest absolute Gasteiger partial charge is 0.335 e. The number of hydrogen-bond donors (Lipinski definition) is 4. The minimum atomic E-state index is -3.52. The zero-order valence-corrected chi connectivity index (χ0v) is 15.5. The van der Waals surface area contributed by atoms with Gasteiger partial charge in [0, 0.05) is 35.7 Å². The van der Waals surface area contributed by atoms with E-state index in [0.29, 0.717) is 0 Å². The van der Waals surface area contributed by atoms with Crippen LogP contribution in [0.5, 0.6) is 0 Å². The fraction of sp³-hybridized carbons (Fsp3) is 0.174. The Morgan fingerprint density at radius 1 is 1.21 bits per heavy atom. The van der Waals surface area contributed by atoms with E-state index in [1.54, 1.807) is 0 Å². The molecule has 3 aromatic rings. The molecule has 3 rings (SSSR count). The van der Waals surface area contributed by atoms with Gasteiger partial charge in [0.15, 0.2) is 0 Å². The summed E-state index contributed by atoms with van der Waals surface area (Å²) in [5.74, 6) is -1.62. The zero-order chi connectivity index (χ0) is 32.1. The van der Waals surface area contributed by atoms with Crippen molar-refractivity contribution in [3.05, 3.63) is 88.8 Å². The lowest BCUT2D eigenvalue weighted by Crippen LogP contribution is -2.26.